The molecule has 0 fully saturated rings. The van der Waals surface area contributed by atoms with E-state index in [0.717, 1.165) is 13.1 Å². The largest absolute Gasteiger partial charge is 0.354 e. The van der Waals surface area contributed by atoms with E-state index < -0.39 is 0 Å². The maximum atomic E-state index is 5.20. The van der Waals surface area contributed by atoms with Crippen LogP contribution in [0.4, 0.5) is 0 Å². The molecule has 104 valence electrons. The molecular weight excluding hydrogens is 216 g/mol. The molecule has 0 aliphatic carbocycles. The maximum absolute atomic E-state index is 5.20. The highest BCUT2D eigenvalue weighted by Crippen LogP contribution is 2.00. The van der Waals surface area contributed by atoms with E-state index in [9.17, 15) is 0 Å². The molecule has 1 N–H and O–H groups in total. The van der Waals surface area contributed by atoms with E-state index in [2.05, 4.69) is 38.0 Å². The van der Waals surface area contributed by atoms with Gasteiger partial charge in [0.25, 0.3) is 0 Å². The highest BCUT2D eigenvalue weighted by atomic mass is 16.7. The van der Waals surface area contributed by atoms with Crippen molar-refractivity contribution in [2.24, 2.45) is 0 Å². The predicted octanol–water partition coefficient (Wildman–Crippen LogP) is 1.70. The lowest BCUT2D eigenvalue weighted by atomic mass is 10.2. The zero-order valence-electron chi connectivity index (χ0n) is 12.3. The first-order valence-electron chi connectivity index (χ1n) is 6.52. The Kier molecular flexibility index (Phi) is 9.74. The topological polar surface area (TPSA) is 33.7 Å². The zero-order chi connectivity index (χ0) is 13.3. The molecule has 0 aromatic carbocycles. The van der Waals surface area contributed by atoms with Crippen LogP contribution in [0.3, 0.4) is 0 Å². The molecule has 0 radical (unpaired) electrons. The second-order valence-corrected chi connectivity index (χ2v) is 4.86. The van der Waals surface area contributed by atoms with Crippen LogP contribution < -0.4 is 5.32 Å². The van der Waals surface area contributed by atoms with Crippen molar-refractivity contribution in [3.05, 3.63) is 0 Å². The van der Waals surface area contributed by atoms with Gasteiger partial charge >= 0.3 is 0 Å². The van der Waals surface area contributed by atoms with Crippen molar-refractivity contribution in [1.29, 1.82) is 0 Å². The SMILES string of the molecule is COC(OC)C(C)NCCCCN(C)C(C)C. The Bertz CT molecular complexity index is 173. The molecule has 1 unspecified atom stereocenters. The van der Waals surface area contributed by atoms with Gasteiger partial charge in [-0.05, 0) is 53.8 Å². The Balaban J connectivity index is 3.51. The fourth-order valence-electron chi connectivity index (χ4n) is 1.67. The van der Waals surface area contributed by atoms with E-state index in [4.69, 9.17) is 9.47 Å². The molecule has 0 saturated heterocycles. The van der Waals surface area contributed by atoms with E-state index >= 15 is 0 Å². The Hall–Kier alpha value is -0.160. The van der Waals surface area contributed by atoms with Gasteiger partial charge in [-0.3, -0.25) is 0 Å². The average Bonchev–Trinajstić information content (AvgIpc) is 2.29. The average molecular weight is 246 g/mol. The third-order valence-corrected chi connectivity index (χ3v) is 3.16. The minimum atomic E-state index is -0.159. The maximum Gasteiger partial charge on any atom is 0.171 e. The first-order valence-corrected chi connectivity index (χ1v) is 6.52. The Morgan fingerprint density at radius 3 is 2.12 bits per heavy atom. The van der Waals surface area contributed by atoms with Gasteiger partial charge in [-0.1, -0.05) is 0 Å². The van der Waals surface area contributed by atoms with Crippen molar-refractivity contribution < 1.29 is 9.47 Å². The summed E-state index contributed by atoms with van der Waals surface area (Å²) in [5.74, 6) is 0. The van der Waals surface area contributed by atoms with Crippen molar-refractivity contribution in [3.63, 3.8) is 0 Å². The van der Waals surface area contributed by atoms with Crippen molar-refractivity contribution in [2.75, 3.05) is 34.4 Å². The number of rotatable bonds is 10. The first-order chi connectivity index (χ1) is 8.02. The summed E-state index contributed by atoms with van der Waals surface area (Å²) < 4.78 is 10.4. The second kappa shape index (κ2) is 9.83. The first kappa shape index (κ1) is 16.8. The number of methoxy groups -OCH3 is 2. The van der Waals surface area contributed by atoms with Crippen molar-refractivity contribution in [2.45, 2.75) is 52.0 Å². The van der Waals surface area contributed by atoms with E-state index in [1.165, 1.54) is 12.8 Å². The van der Waals surface area contributed by atoms with Gasteiger partial charge in [0.2, 0.25) is 0 Å². The standard InChI is InChI=1S/C13H30N2O2/c1-11(2)15(4)10-8-7-9-14-12(3)13(16-5)17-6/h11-14H,7-10H2,1-6H3. The molecule has 0 saturated carbocycles. The molecule has 4 nitrogen and oxygen atoms in total. The molecule has 0 rings (SSSR count). The van der Waals surface area contributed by atoms with Crippen LogP contribution in [0.25, 0.3) is 0 Å². The van der Waals surface area contributed by atoms with Crippen molar-refractivity contribution >= 4 is 0 Å². The normalized spacial score (nSPS) is 13.9. The summed E-state index contributed by atoms with van der Waals surface area (Å²) in [5.41, 5.74) is 0. The van der Waals surface area contributed by atoms with Gasteiger partial charge in [-0.2, -0.15) is 0 Å². The van der Waals surface area contributed by atoms with Gasteiger partial charge in [0.05, 0.1) is 6.04 Å². The van der Waals surface area contributed by atoms with Gasteiger partial charge in [-0.15, -0.1) is 0 Å². The molecule has 0 aliphatic heterocycles. The number of nitrogens with one attached hydrogen (secondary N) is 1. The number of hydrogen-bond acceptors (Lipinski definition) is 4. The number of nitrogens with zero attached hydrogens (tertiary/aromatic N) is 1. The van der Waals surface area contributed by atoms with Gasteiger partial charge < -0.3 is 19.7 Å². The summed E-state index contributed by atoms with van der Waals surface area (Å²) in [4.78, 5) is 2.37. The number of ether oxygens (including phenoxy) is 2. The highest BCUT2D eigenvalue weighted by molar-refractivity contribution is 4.65. The summed E-state index contributed by atoms with van der Waals surface area (Å²) in [6, 6.07) is 0.862. The molecule has 0 heterocycles. The van der Waals surface area contributed by atoms with E-state index in [1.807, 2.05) is 0 Å². The van der Waals surface area contributed by atoms with E-state index in [0.29, 0.717) is 6.04 Å². The minimum Gasteiger partial charge on any atom is -0.354 e. The quantitative estimate of drug-likeness (QED) is 0.470. The van der Waals surface area contributed by atoms with Gasteiger partial charge in [0, 0.05) is 20.3 Å². The summed E-state index contributed by atoms with van der Waals surface area (Å²) in [6.07, 6.45) is 2.24. The predicted molar refractivity (Wildman–Crippen MR) is 72.3 cm³/mol. The molecule has 0 spiro atoms. The van der Waals surface area contributed by atoms with Gasteiger partial charge in [0.1, 0.15) is 0 Å². The summed E-state index contributed by atoms with van der Waals surface area (Å²) in [7, 11) is 5.51. The van der Waals surface area contributed by atoms with Crippen LogP contribution in [0.15, 0.2) is 0 Å². The van der Waals surface area contributed by atoms with E-state index in [1.54, 1.807) is 14.2 Å². The number of unbranched alkanes of at least 4 members (excludes halogenated alkanes) is 1. The van der Waals surface area contributed by atoms with Crippen molar-refractivity contribution in [3.8, 4) is 0 Å². The second-order valence-electron chi connectivity index (χ2n) is 4.86. The molecule has 1 atom stereocenters. The number of hydrogen-bond donors (Lipinski definition) is 1. The van der Waals surface area contributed by atoms with Crippen LogP contribution in [-0.2, 0) is 9.47 Å². The van der Waals surface area contributed by atoms with Crippen LogP contribution in [0.5, 0.6) is 0 Å². The Morgan fingerprint density at radius 2 is 1.65 bits per heavy atom. The third-order valence-electron chi connectivity index (χ3n) is 3.16. The molecule has 0 aliphatic rings. The molecule has 4 heteroatoms. The smallest absolute Gasteiger partial charge is 0.171 e. The summed E-state index contributed by atoms with van der Waals surface area (Å²) >= 11 is 0. The lowest BCUT2D eigenvalue weighted by molar-refractivity contribution is -0.119. The van der Waals surface area contributed by atoms with Gasteiger partial charge in [0.15, 0.2) is 6.29 Å². The van der Waals surface area contributed by atoms with Crippen LogP contribution in [0.2, 0.25) is 0 Å². The van der Waals surface area contributed by atoms with E-state index in [-0.39, 0.29) is 12.3 Å². The fourth-order valence-corrected chi connectivity index (χ4v) is 1.67. The van der Waals surface area contributed by atoms with Crippen LogP contribution in [-0.4, -0.2) is 57.6 Å². The molecule has 0 bridgehead atoms. The Labute approximate surface area is 107 Å². The molecule has 0 amide bonds. The lowest BCUT2D eigenvalue weighted by Gasteiger charge is -2.23. The van der Waals surface area contributed by atoms with Crippen LogP contribution >= 0.6 is 0 Å². The zero-order valence-corrected chi connectivity index (χ0v) is 12.3. The minimum absolute atomic E-state index is 0.159. The molecule has 0 aromatic heterocycles. The monoisotopic (exact) mass is 246 g/mol. The Morgan fingerprint density at radius 1 is 1.06 bits per heavy atom. The summed E-state index contributed by atoms with van der Waals surface area (Å²) in [6.45, 7) is 8.70. The van der Waals surface area contributed by atoms with Crippen molar-refractivity contribution in [1.82, 2.24) is 10.2 Å². The van der Waals surface area contributed by atoms with Gasteiger partial charge in [-0.25, -0.2) is 0 Å². The van der Waals surface area contributed by atoms with Crippen LogP contribution in [0.1, 0.15) is 33.6 Å². The molecular formula is C13H30N2O2. The highest BCUT2D eigenvalue weighted by Gasteiger charge is 2.14. The fraction of sp³-hybridized carbons (Fsp3) is 1.00. The third kappa shape index (κ3) is 7.71. The van der Waals surface area contributed by atoms with Crippen LogP contribution in [0, 0.1) is 0 Å². The molecule has 17 heavy (non-hydrogen) atoms. The molecule has 0 aromatic rings. The lowest BCUT2D eigenvalue weighted by Crippen LogP contribution is -2.40. The summed E-state index contributed by atoms with van der Waals surface area (Å²) in [5, 5.41) is 3.42.